The van der Waals surface area contributed by atoms with E-state index in [-0.39, 0.29) is 17.9 Å². The second kappa shape index (κ2) is 7.44. The molecule has 0 spiro atoms. The maximum absolute atomic E-state index is 12.6. The number of pyridine rings is 2. The molecule has 27 heavy (non-hydrogen) atoms. The van der Waals surface area contributed by atoms with Gasteiger partial charge in [-0.3, -0.25) is 4.79 Å². The summed E-state index contributed by atoms with van der Waals surface area (Å²) in [6, 6.07) is 5.76. The third kappa shape index (κ3) is 3.68. The van der Waals surface area contributed by atoms with Crippen molar-refractivity contribution in [2.45, 2.75) is 31.8 Å². The summed E-state index contributed by atoms with van der Waals surface area (Å²) in [7, 11) is 3.67. The fourth-order valence-corrected chi connectivity index (χ4v) is 3.62. The van der Waals surface area contributed by atoms with Crippen molar-refractivity contribution >= 4 is 22.6 Å². The van der Waals surface area contributed by atoms with E-state index in [0.717, 1.165) is 48.0 Å². The first-order chi connectivity index (χ1) is 13.1. The Morgan fingerprint density at radius 3 is 2.74 bits per heavy atom. The molecule has 0 aliphatic heterocycles. The largest absolute Gasteiger partial charge is 0.381 e. The molecule has 0 atom stereocenters. The van der Waals surface area contributed by atoms with Gasteiger partial charge in [-0.25, -0.2) is 15.0 Å². The minimum absolute atomic E-state index is 0.0163. The van der Waals surface area contributed by atoms with E-state index in [0.29, 0.717) is 5.82 Å². The molecule has 1 aliphatic rings. The Morgan fingerprint density at radius 2 is 2.04 bits per heavy atom. The van der Waals surface area contributed by atoms with Crippen LogP contribution in [0.1, 0.15) is 25.7 Å². The lowest BCUT2D eigenvalue weighted by Crippen LogP contribution is -2.29. The van der Waals surface area contributed by atoms with Crippen molar-refractivity contribution in [3.8, 4) is 11.4 Å². The molecular weight excluding hydrogens is 342 g/mol. The number of fused-ring (bicyclic) bond motifs is 1. The number of hydrogen-bond donors (Lipinski definition) is 1. The Hall–Kier alpha value is -2.80. The maximum Gasteiger partial charge on any atom is 0.228 e. The second-order valence-electron chi connectivity index (χ2n) is 7.05. The van der Waals surface area contributed by atoms with Crippen molar-refractivity contribution in [3.63, 3.8) is 0 Å². The zero-order chi connectivity index (χ0) is 18.8. The quantitative estimate of drug-likeness (QED) is 0.768. The summed E-state index contributed by atoms with van der Waals surface area (Å²) in [4.78, 5) is 25.8. The average Bonchev–Trinajstić information content (AvgIpc) is 3.13. The normalized spacial score (nSPS) is 19.9. The van der Waals surface area contributed by atoms with Gasteiger partial charge >= 0.3 is 0 Å². The minimum Gasteiger partial charge on any atom is -0.381 e. The lowest BCUT2D eigenvalue weighted by Gasteiger charge is -2.26. The van der Waals surface area contributed by atoms with E-state index in [9.17, 15) is 4.79 Å². The number of nitrogens with zero attached hydrogens (tertiary/aromatic N) is 4. The Bertz CT molecular complexity index is 960. The third-order valence-electron chi connectivity index (χ3n) is 5.28. The molecule has 1 N–H and O–H groups in total. The van der Waals surface area contributed by atoms with Gasteiger partial charge in [0.1, 0.15) is 5.82 Å². The monoisotopic (exact) mass is 365 g/mol. The van der Waals surface area contributed by atoms with Crippen molar-refractivity contribution < 1.29 is 9.53 Å². The van der Waals surface area contributed by atoms with Crippen molar-refractivity contribution in [2.75, 3.05) is 12.4 Å². The molecule has 0 radical (unpaired) electrons. The number of ether oxygens (including phenoxy) is 1. The van der Waals surface area contributed by atoms with Gasteiger partial charge in [-0.15, -0.1) is 0 Å². The lowest BCUT2D eigenvalue weighted by molar-refractivity contribution is -0.121. The van der Waals surface area contributed by atoms with E-state index < -0.39 is 0 Å². The average molecular weight is 365 g/mol. The van der Waals surface area contributed by atoms with Crippen LogP contribution in [0.5, 0.6) is 0 Å². The van der Waals surface area contributed by atoms with Gasteiger partial charge in [0.25, 0.3) is 0 Å². The summed E-state index contributed by atoms with van der Waals surface area (Å²) in [5.41, 5.74) is 2.57. The van der Waals surface area contributed by atoms with Crippen LogP contribution in [0, 0.1) is 5.92 Å². The van der Waals surface area contributed by atoms with Gasteiger partial charge in [-0.05, 0) is 37.8 Å². The van der Waals surface area contributed by atoms with Gasteiger partial charge in [0.05, 0.1) is 35.5 Å². The number of carbonyl (C=O) groups excluding carboxylic acids is 1. The van der Waals surface area contributed by atoms with Crippen LogP contribution in [-0.2, 0) is 16.6 Å². The minimum atomic E-state index is 0.0163. The van der Waals surface area contributed by atoms with Crippen LogP contribution in [0.3, 0.4) is 0 Å². The van der Waals surface area contributed by atoms with E-state index in [1.54, 1.807) is 25.8 Å². The summed E-state index contributed by atoms with van der Waals surface area (Å²) in [5, 5.41) is 3.88. The predicted octanol–water partition coefficient (Wildman–Crippen LogP) is 3.17. The van der Waals surface area contributed by atoms with Crippen LogP contribution in [-0.4, -0.2) is 38.6 Å². The first-order valence-corrected chi connectivity index (χ1v) is 9.21. The molecule has 1 fully saturated rings. The summed E-state index contributed by atoms with van der Waals surface area (Å²) >= 11 is 0. The van der Waals surface area contributed by atoms with Crippen LogP contribution in [0.4, 0.5) is 5.82 Å². The number of hydrogen-bond acceptors (Lipinski definition) is 5. The molecule has 140 valence electrons. The number of aromatic nitrogens is 4. The number of imidazole rings is 1. The summed E-state index contributed by atoms with van der Waals surface area (Å²) < 4.78 is 7.30. The molecule has 3 heterocycles. The fraction of sp³-hybridized carbons (Fsp3) is 0.400. The number of carbonyl (C=O) groups is 1. The predicted molar refractivity (Wildman–Crippen MR) is 103 cm³/mol. The van der Waals surface area contributed by atoms with Gasteiger partial charge in [-0.2, -0.15) is 0 Å². The van der Waals surface area contributed by atoms with Crippen LogP contribution in [0.15, 0.2) is 36.9 Å². The van der Waals surface area contributed by atoms with Crippen molar-refractivity contribution in [3.05, 3.63) is 36.9 Å². The summed E-state index contributed by atoms with van der Waals surface area (Å²) in [6.07, 6.45) is 9.10. The van der Waals surface area contributed by atoms with Gasteiger partial charge in [0, 0.05) is 37.7 Å². The maximum atomic E-state index is 12.6. The molecule has 0 unspecified atom stereocenters. The number of rotatable bonds is 4. The first-order valence-electron chi connectivity index (χ1n) is 9.21. The molecule has 7 nitrogen and oxygen atoms in total. The topological polar surface area (TPSA) is 81.9 Å². The standard InChI is InChI=1S/C20H23N5O2/c1-25-12-21-11-18(25)16-8-5-14-10-22-19(9-17(14)23-16)24-20(26)13-3-6-15(27-2)7-4-13/h5,8-13,15H,3-4,6-7H2,1-2H3,(H,22,24,26)/t13-,15-. The Morgan fingerprint density at radius 1 is 1.22 bits per heavy atom. The van der Waals surface area contributed by atoms with Gasteiger partial charge in [0.15, 0.2) is 0 Å². The Labute approximate surface area is 157 Å². The zero-order valence-corrected chi connectivity index (χ0v) is 15.6. The summed E-state index contributed by atoms with van der Waals surface area (Å²) in [6.45, 7) is 0. The lowest BCUT2D eigenvalue weighted by atomic mass is 9.87. The van der Waals surface area contributed by atoms with E-state index in [2.05, 4.69) is 15.3 Å². The molecule has 7 heteroatoms. The molecule has 4 rings (SSSR count). The molecule has 1 aliphatic carbocycles. The fourth-order valence-electron chi connectivity index (χ4n) is 3.62. The van der Waals surface area contributed by atoms with Crippen molar-refractivity contribution in [2.24, 2.45) is 13.0 Å². The number of amides is 1. The highest BCUT2D eigenvalue weighted by Crippen LogP contribution is 2.27. The van der Waals surface area contributed by atoms with Crippen molar-refractivity contribution in [1.82, 2.24) is 19.5 Å². The highest BCUT2D eigenvalue weighted by Gasteiger charge is 2.26. The molecule has 1 amide bonds. The highest BCUT2D eigenvalue weighted by molar-refractivity contribution is 5.93. The van der Waals surface area contributed by atoms with E-state index in [1.165, 1.54) is 0 Å². The van der Waals surface area contributed by atoms with Gasteiger partial charge in [0.2, 0.25) is 5.91 Å². The van der Waals surface area contributed by atoms with Crippen LogP contribution in [0.2, 0.25) is 0 Å². The Kier molecular flexibility index (Phi) is 4.85. The first kappa shape index (κ1) is 17.6. The highest BCUT2D eigenvalue weighted by atomic mass is 16.5. The van der Waals surface area contributed by atoms with Crippen LogP contribution < -0.4 is 5.32 Å². The van der Waals surface area contributed by atoms with Gasteiger partial charge < -0.3 is 14.6 Å². The smallest absolute Gasteiger partial charge is 0.228 e. The molecule has 0 saturated heterocycles. The number of methoxy groups -OCH3 is 1. The van der Waals surface area contributed by atoms with Gasteiger partial charge in [-0.1, -0.05) is 0 Å². The van der Waals surface area contributed by atoms with Crippen LogP contribution in [0.25, 0.3) is 22.3 Å². The molecule has 3 aromatic rings. The van der Waals surface area contributed by atoms with E-state index >= 15 is 0 Å². The molecule has 0 aromatic carbocycles. The molecule has 3 aromatic heterocycles. The third-order valence-corrected chi connectivity index (χ3v) is 5.28. The molecule has 0 bridgehead atoms. The second-order valence-corrected chi connectivity index (χ2v) is 7.05. The van der Waals surface area contributed by atoms with E-state index in [1.807, 2.05) is 29.8 Å². The van der Waals surface area contributed by atoms with Crippen molar-refractivity contribution in [1.29, 1.82) is 0 Å². The van der Waals surface area contributed by atoms with E-state index in [4.69, 9.17) is 9.72 Å². The zero-order valence-electron chi connectivity index (χ0n) is 15.6. The Balaban J connectivity index is 1.52. The van der Waals surface area contributed by atoms with Crippen LogP contribution >= 0.6 is 0 Å². The number of nitrogens with one attached hydrogen (secondary N) is 1. The number of anilines is 1. The molecule has 1 saturated carbocycles. The molecular formula is C20H23N5O2. The SMILES string of the molecule is CO[C@H]1CC[C@H](C(=O)Nc2cc3nc(-c4cncn4C)ccc3cn2)CC1. The number of aryl methyl sites for hydroxylation is 1. The summed E-state index contributed by atoms with van der Waals surface area (Å²) in [5.74, 6) is 0.581.